The molecule has 2 aromatic carbocycles. The quantitative estimate of drug-likeness (QED) is 0.734. The van der Waals surface area contributed by atoms with Gasteiger partial charge in [0.1, 0.15) is 0 Å². The predicted octanol–water partition coefficient (Wildman–Crippen LogP) is 4.91. The molecule has 0 aromatic heterocycles. The summed E-state index contributed by atoms with van der Waals surface area (Å²) < 4.78 is 41.4. The molecule has 126 valence electrons. The summed E-state index contributed by atoms with van der Waals surface area (Å²) in [6, 6.07) is 10.1. The molecule has 3 N–H and O–H groups in total. The van der Waals surface area contributed by atoms with Crippen LogP contribution in [-0.4, -0.2) is 6.18 Å². The van der Waals surface area contributed by atoms with Crippen molar-refractivity contribution in [2.45, 2.75) is 11.8 Å². The second-order valence-corrected chi connectivity index (χ2v) is 6.15. The Kier molecular flexibility index (Phi) is 4.15. The number of nitrogen functional groups attached to an aromatic ring is 1. The third-order valence-electron chi connectivity index (χ3n) is 3.58. The molecule has 0 radical (unpaired) electrons. The van der Waals surface area contributed by atoms with Gasteiger partial charge in [-0.2, -0.15) is 13.2 Å². The summed E-state index contributed by atoms with van der Waals surface area (Å²) in [5.41, 5.74) is 6.12. The molecule has 1 unspecified atom stereocenters. The van der Waals surface area contributed by atoms with Gasteiger partial charge in [-0.25, -0.2) is 0 Å². The van der Waals surface area contributed by atoms with Crippen molar-refractivity contribution in [1.29, 1.82) is 0 Å². The molecule has 0 bridgehead atoms. The lowest BCUT2D eigenvalue weighted by molar-refractivity contribution is -0.269. The van der Waals surface area contributed by atoms with Gasteiger partial charge in [0.2, 0.25) is 5.60 Å². The first-order chi connectivity index (χ1) is 11.2. The van der Waals surface area contributed by atoms with E-state index in [9.17, 15) is 13.2 Å². The van der Waals surface area contributed by atoms with Crippen molar-refractivity contribution in [3.8, 4) is 0 Å². The Morgan fingerprint density at radius 3 is 2.29 bits per heavy atom. The van der Waals surface area contributed by atoms with E-state index in [2.05, 4.69) is 5.48 Å². The molecule has 1 heterocycles. The number of anilines is 1. The fraction of sp³-hybridized carbons (Fsp3) is 0.125. The summed E-state index contributed by atoms with van der Waals surface area (Å²) in [6.45, 7) is 0. The molecule has 0 saturated carbocycles. The van der Waals surface area contributed by atoms with E-state index in [-0.39, 0.29) is 21.3 Å². The first-order valence-electron chi connectivity index (χ1n) is 6.77. The van der Waals surface area contributed by atoms with E-state index in [4.69, 9.17) is 33.8 Å². The average molecular weight is 375 g/mol. The Bertz CT molecular complexity index is 803. The lowest BCUT2D eigenvalue weighted by atomic mass is 9.91. The molecule has 0 aliphatic carbocycles. The van der Waals surface area contributed by atoms with Crippen molar-refractivity contribution in [1.82, 2.24) is 5.48 Å². The highest BCUT2D eigenvalue weighted by atomic mass is 35.5. The number of benzene rings is 2. The molecule has 2 aromatic rings. The summed E-state index contributed by atoms with van der Waals surface area (Å²) in [4.78, 5) is 4.98. The Hall–Kier alpha value is -1.89. The topological polar surface area (TPSA) is 47.3 Å². The van der Waals surface area contributed by atoms with Crippen molar-refractivity contribution in [3.63, 3.8) is 0 Å². The van der Waals surface area contributed by atoms with Crippen LogP contribution < -0.4 is 11.2 Å². The molecule has 1 aliphatic heterocycles. The van der Waals surface area contributed by atoms with E-state index in [0.717, 1.165) is 6.08 Å². The van der Waals surface area contributed by atoms with Crippen molar-refractivity contribution in [2.75, 3.05) is 5.73 Å². The van der Waals surface area contributed by atoms with Gasteiger partial charge in [-0.05, 0) is 36.4 Å². The lowest BCUT2D eigenvalue weighted by Gasteiger charge is -2.28. The first kappa shape index (κ1) is 17.0. The summed E-state index contributed by atoms with van der Waals surface area (Å²) in [5.74, 6) is 0. The Labute approximate surface area is 145 Å². The van der Waals surface area contributed by atoms with Crippen molar-refractivity contribution in [3.05, 3.63) is 69.7 Å². The smallest absolute Gasteiger partial charge is 0.399 e. The minimum Gasteiger partial charge on any atom is -0.399 e. The van der Waals surface area contributed by atoms with Crippen LogP contribution in [0.2, 0.25) is 10.0 Å². The largest absolute Gasteiger partial charge is 0.428 e. The van der Waals surface area contributed by atoms with Crippen LogP contribution in [0, 0.1) is 0 Å². The number of hydrogen-bond donors (Lipinski definition) is 2. The van der Waals surface area contributed by atoms with Crippen LogP contribution in [0.15, 0.2) is 48.5 Å². The molecule has 0 amide bonds. The highest BCUT2D eigenvalue weighted by molar-refractivity contribution is 6.34. The van der Waals surface area contributed by atoms with Crippen LogP contribution in [0.25, 0.3) is 5.70 Å². The van der Waals surface area contributed by atoms with Gasteiger partial charge >= 0.3 is 6.18 Å². The lowest BCUT2D eigenvalue weighted by Crippen LogP contribution is -2.42. The number of hydroxylamine groups is 1. The third kappa shape index (κ3) is 2.92. The predicted molar refractivity (Wildman–Crippen MR) is 87.2 cm³/mol. The Morgan fingerprint density at radius 2 is 1.71 bits per heavy atom. The number of nitrogens with one attached hydrogen (secondary N) is 1. The summed E-state index contributed by atoms with van der Waals surface area (Å²) in [7, 11) is 0. The molecule has 3 rings (SSSR count). The average Bonchev–Trinajstić information content (AvgIpc) is 2.92. The van der Waals surface area contributed by atoms with E-state index in [1.54, 1.807) is 24.3 Å². The zero-order chi connectivity index (χ0) is 17.5. The maximum atomic E-state index is 13.8. The van der Waals surface area contributed by atoms with Crippen LogP contribution in [0.5, 0.6) is 0 Å². The molecule has 3 nitrogen and oxygen atoms in total. The standard InChI is InChI=1S/C16H11Cl2F3N2O/c17-11-5-10(6-12(18)7-11)15(16(19,20)21)8-14(23-24-15)9-2-1-3-13(22)4-9/h1-8,23H,22H2. The molecule has 0 saturated heterocycles. The molecular formula is C16H11Cl2F3N2O. The van der Waals surface area contributed by atoms with Crippen molar-refractivity contribution >= 4 is 34.6 Å². The highest BCUT2D eigenvalue weighted by Gasteiger charge is 2.59. The molecule has 1 aliphatic rings. The Morgan fingerprint density at radius 1 is 1.04 bits per heavy atom. The summed E-state index contributed by atoms with van der Waals surface area (Å²) in [5, 5.41) is 0.158. The van der Waals surface area contributed by atoms with Crippen LogP contribution in [0.3, 0.4) is 0 Å². The van der Waals surface area contributed by atoms with Gasteiger partial charge in [-0.1, -0.05) is 35.3 Å². The zero-order valence-electron chi connectivity index (χ0n) is 12.0. The van der Waals surface area contributed by atoms with Crippen LogP contribution in [0.1, 0.15) is 11.1 Å². The number of rotatable bonds is 2. The van der Waals surface area contributed by atoms with Gasteiger partial charge in [0, 0.05) is 26.9 Å². The van der Waals surface area contributed by atoms with Crippen LogP contribution >= 0.6 is 23.2 Å². The van der Waals surface area contributed by atoms with Gasteiger partial charge in [0.05, 0.1) is 5.70 Å². The van der Waals surface area contributed by atoms with Gasteiger partial charge in [0.25, 0.3) is 0 Å². The minimum absolute atomic E-state index is 0.0792. The van der Waals surface area contributed by atoms with Crippen LogP contribution in [-0.2, 0) is 10.4 Å². The van der Waals surface area contributed by atoms with E-state index < -0.39 is 11.8 Å². The van der Waals surface area contributed by atoms with Crippen molar-refractivity contribution in [2.24, 2.45) is 0 Å². The van der Waals surface area contributed by atoms with Crippen molar-refractivity contribution < 1.29 is 18.0 Å². The summed E-state index contributed by atoms with van der Waals surface area (Å²) >= 11 is 11.7. The highest BCUT2D eigenvalue weighted by Crippen LogP contribution is 2.48. The van der Waals surface area contributed by atoms with Gasteiger partial charge in [-0.15, -0.1) is 0 Å². The fourth-order valence-electron chi connectivity index (χ4n) is 2.46. The van der Waals surface area contributed by atoms with Gasteiger partial charge in [0.15, 0.2) is 0 Å². The summed E-state index contributed by atoms with van der Waals surface area (Å²) in [6.07, 6.45) is -3.79. The maximum absolute atomic E-state index is 13.8. The third-order valence-corrected chi connectivity index (χ3v) is 4.02. The zero-order valence-corrected chi connectivity index (χ0v) is 13.5. The number of alkyl halides is 3. The normalized spacial score (nSPS) is 20.6. The fourth-order valence-corrected chi connectivity index (χ4v) is 2.99. The molecule has 0 fully saturated rings. The number of nitrogens with two attached hydrogens (primary N) is 1. The number of hydrogen-bond acceptors (Lipinski definition) is 3. The van der Waals surface area contributed by atoms with Gasteiger partial charge < -0.3 is 5.73 Å². The second-order valence-electron chi connectivity index (χ2n) is 5.28. The minimum atomic E-state index is -4.74. The molecule has 8 heteroatoms. The monoisotopic (exact) mass is 374 g/mol. The number of halogens is 5. The Balaban J connectivity index is 2.15. The second kappa shape index (κ2) is 5.88. The molecule has 1 atom stereocenters. The first-order valence-corrected chi connectivity index (χ1v) is 7.53. The van der Waals surface area contributed by atoms with Gasteiger partial charge in [-0.3, -0.25) is 10.3 Å². The molecule has 0 spiro atoms. The van der Waals surface area contributed by atoms with E-state index in [1.807, 2.05) is 0 Å². The van der Waals surface area contributed by atoms with E-state index >= 15 is 0 Å². The van der Waals surface area contributed by atoms with E-state index in [1.165, 1.54) is 18.2 Å². The molecule has 24 heavy (non-hydrogen) atoms. The maximum Gasteiger partial charge on any atom is 0.428 e. The van der Waals surface area contributed by atoms with Crippen LogP contribution in [0.4, 0.5) is 18.9 Å². The van der Waals surface area contributed by atoms with E-state index in [0.29, 0.717) is 11.3 Å². The molecular weight excluding hydrogens is 364 g/mol. The SMILES string of the molecule is Nc1cccc(C2=CC(c3cc(Cl)cc(Cl)c3)(C(F)(F)F)ON2)c1.